The zero-order valence-corrected chi connectivity index (χ0v) is 19.4. The maximum Gasteiger partial charge on any atom is 0.334 e. The molecule has 0 atom stereocenters. The molecule has 3 nitrogen and oxygen atoms in total. The summed E-state index contributed by atoms with van der Waals surface area (Å²) in [5, 5.41) is 0. The molecule has 34 heavy (non-hydrogen) atoms. The van der Waals surface area contributed by atoms with Crippen molar-refractivity contribution in [2.75, 3.05) is 6.61 Å². The molecule has 0 unspecified atom stereocenters. The van der Waals surface area contributed by atoms with Crippen LogP contribution in [-0.2, 0) is 22.4 Å². The summed E-state index contributed by atoms with van der Waals surface area (Å²) in [6.07, 6.45) is 0.871. The number of hydrogen-bond donors (Lipinski definition) is 0. The van der Waals surface area contributed by atoms with E-state index in [1.807, 2.05) is 128 Å². The van der Waals surface area contributed by atoms with Gasteiger partial charge < -0.3 is 4.74 Å². The first-order valence-corrected chi connectivity index (χ1v) is 11.7. The fraction of sp³-hybridized carbons (Fsp3) is 0.161. The first kappa shape index (κ1) is 23.2. The van der Waals surface area contributed by atoms with E-state index in [0.29, 0.717) is 19.4 Å². The summed E-state index contributed by atoms with van der Waals surface area (Å²) in [5.74, 6) is -0.313. The van der Waals surface area contributed by atoms with Gasteiger partial charge in [-0.3, -0.25) is 4.99 Å². The monoisotopic (exact) mass is 447 g/mol. The molecule has 3 heteroatoms. The predicted octanol–water partition coefficient (Wildman–Crippen LogP) is 6.31. The zero-order valence-electron chi connectivity index (χ0n) is 19.4. The van der Waals surface area contributed by atoms with Gasteiger partial charge in [-0.25, -0.2) is 4.79 Å². The average molecular weight is 448 g/mol. The summed E-state index contributed by atoms with van der Waals surface area (Å²) in [6, 6.07) is 40.2. The third-order valence-corrected chi connectivity index (χ3v) is 5.75. The third-order valence-electron chi connectivity index (χ3n) is 5.75. The minimum absolute atomic E-state index is 0.297. The molecule has 0 bridgehead atoms. The standard InChI is InChI=1S/C31H29NO2/c1-2-34-30(33)31(23-25-15-7-3-8-16-25,24-26-17-9-4-10-18-26)32-29(27-19-11-5-12-20-27)28-21-13-6-14-22-28/h3-22H,2,23-24H2,1H3. The molecule has 0 aromatic heterocycles. The molecule has 0 saturated carbocycles. The van der Waals surface area contributed by atoms with E-state index in [2.05, 4.69) is 0 Å². The molecule has 0 amide bonds. The smallest absolute Gasteiger partial charge is 0.334 e. The van der Waals surface area contributed by atoms with Crippen LogP contribution in [-0.4, -0.2) is 23.8 Å². The lowest BCUT2D eigenvalue weighted by atomic mass is 9.84. The van der Waals surface area contributed by atoms with E-state index >= 15 is 0 Å². The lowest BCUT2D eigenvalue weighted by Crippen LogP contribution is -2.44. The number of rotatable bonds is 9. The van der Waals surface area contributed by atoms with Crippen molar-refractivity contribution < 1.29 is 9.53 Å². The number of nitrogens with zero attached hydrogens (tertiary/aromatic N) is 1. The van der Waals surface area contributed by atoms with Crippen molar-refractivity contribution in [1.82, 2.24) is 0 Å². The molecule has 0 aliphatic heterocycles. The van der Waals surface area contributed by atoms with E-state index in [1.54, 1.807) is 0 Å². The fourth-order valence-corrected chi connectivity index (χ4v) is 4.17. The molecule has 0 spiro atoms. The van der Waals surface area contributed by atoms with Crippen molar-refractivity contribution >= 4 is 11.7 Å². The molecule has 0 aliphatic rings. The first-order chi connectivity index (χ1) is 16.7. The zero-order chi connectivity index (χ0) is 23.6. The Kier molecular flexibility index (Phi) is 7.67. The van der Waals surface area contributed by atoms with Crippen molar-refractivity contribution in [2.45, 2.75) is 25.3 Å². The summed E-state index contributed by atoms with van der Waals surface area (Å²) in [4.78, 5) is 19.0. The van der Waals surface area contributed by atoms with Gasteiger partial charge in [0.15, 0.2) is 5.54 Å². The molecule has 0 fully saturated rings. The summed E-state index contributed by atoms with van der Waals surface area (Å²) in [7, 11) is 0. The highest BCUT2D eigenvalue weighted by atomic mass is 16.5. The summed E-state index contributed by atoms with van der Waals surface area (Å²) in [5.41, 5.74) is 3.65. The number of ether oxygens (including phenoxy) is 1. The minimum Gasteiger partial charge on any atom is -0.464 e. The highest BCUT2D eigenvalue weighted by Gasteiger charge is 2.41. The molecular weight excluding hydrogens is 418 g/mol. The van der Waals surface area contributed by atoms with Crippen LogP contribution >= 0.6 is 0 Å². The Bertz CT molecular complexity index is 1120. The molecule has 4 aromatic rings. The number of hydrogen-bond acceptors (Lipinski definition) is 3. The number of benzene rings is 4. The minimum atomic E-state index is -1.13. The van der Waals surface area contributed by atoms with Crippen LogP contribution in [0.3, 0.4) is 0 Å². The van der Waals surface area contributed by atoms with Gasteiger partial charge in [-0.15, -0.1) is 0 Å². The van der Waals surface area contributed by atoms with E-state index in [0.717, 1.165) is 28.0 Å². The quantitative estimate of drug-likeness (QED) is 0.223. The Morgan fingerprint density at radius 3 is 1.41 bits per heavy atom. The van der Waals surface area contributed by atoms with Crippen LogP contribution in [0.4, 0.5) is 0 Å². The summed E-state index contributed by atoms with van der Waals surface area (Å²) >= 11 is 0. The lowest BCUT2D eigenvalue weighted by Gasteiger charge is -2.29. The maximum absolute atomic E-state index is 13.7. The van der Waals surface area contributed by atoms with Crippen molar-refractivity contribution in [3.05, 3.63) is 144 Å². The number of esters is 1. The molecule has 0 radical (unpaired) electrons. The van der Waals surface area contributed by atoms with E-state index in [9.17, 15) is 4.79 Å². The molecule has 170 valence electrons. The average Bonchev–Trinajstić information content (AvgIpc) is 2.89. The molecule has 0 N–H and O–H groups in total. The van der Waals surface area contributed by atoms with Gasteiger partial charge in [-0.05, 0) is 18.1 Å². The van der Waals surface area contributed by atoms with E-state index in [4.69, 9.17) is 9.73 Å². The largest absolute Gasteiger partial charge is 0.464 e. The summed E-state index contributed by atoms with van der Waals surface area (Å²) in [6.45, 7) is 2.14. The highest BCUT2D eigenvalue weighted by molar-refractivity contribution is 6.13. The van der Waals surface area contributed by atoms with Gasteiger partial charge in [-0.2, -0.15) is 0 Å². The molecule has 0 saturated heterocycles. The Hall–Kier alpha value is -3.98. The van der Waals surface area contributed by atoms with Crippen LogP contribution in [0.5, 0.6) is 0 Å². The van der Waals surface area contributed by atoms with Crippen molar-refractivity contribution in [3.8, 4) is 0 Å². The number of carbonyl (C=O) groups is 1. The fourth-order valence-electron chi connectivity index (χ4n) is 4.17. The van der Waals surface area contributed by atoms with Crippen LogP contribution in [0.25, 0.3) is 0 Å². The van der Waals surface area contributed by atoms with Crippen LogP contribution in [0.2, 0.25) is 0 Å². The van der Waals surface area contributed by atoms with Gasteiger partial charge in [-0.1, -0.05) is 121 Å². The van der Waals surface area contributed by atoms with Gasteiger partial charge in [0.1, 0.15) is 0 Å². The molecule has 4 aromatic carbocycles. The Labute approximate surface area is 201 Å². The van der Waals surface area contributed by atoms with Gasteiger partial charge in [0.05, 0.1) is 12.3 Å². The van der Waals surface area contributed by atoms with Gasteiger partial charge in [0.25, 0.3) is 0 Å². The van der Waals surface area contributed by atoms with Gasteiger partial charge in [0, 0.05) is 24.0 Å². The third kappa shape index (κ3) is 5.68. The Morgan fingerprint density at radius 2 is 1.03 bits per heavy atom. The van der Waals surface area contributed by atoms with E-state index in [-0.39, 0.29) is 5.97 Å². The van der Waals surface area contributed by atoms with E-state index in [1.165, 1.54) is 0 Å². The maximum atomic E-state index is 13.7. The topological polar surface area (TPSA) is 38.7 Å². The van der Waals surface area contributed by atoms with Crippen molar-refractivity contribution in [2.24, 2.45) is 4.99 Å². The van der Waals surface area contributed by atoms with Gasteiger partial charge in [0.2, 0.25) is 0 Å². The van der Waals surface area contributed by atoms with Crippen LogP contribution in [0.15, 0.2) is 126 Å². The second kappa shape index (κ2) is 11.2. The lowest BCUT2D eigenvalue weighted by molar-refractivity contribution is -0.149. The molecule has 0 heterocycles. The summed E-state index contributed by atoms with van der Waals surface area (Å²) < 4.78 is 5.68. The van der Waals surface area contributed by atoms with Gasteiger partial charge >= 0.3 is 5.97 Å². The second-order valence-electron chi connectivity index (χ2n) is 8.27. The van der Waals surface area contributed by atoms with Crippen LogP contribution < -0.4 is 0 Å². The van der Waals surface area contributed by atoms with Crippen molar-refractivity contribution in [3.63, 3.8) is 0 Å². The Morgan fingerprint density at radius 1 is 0.647 bits per heavy atom. The normalized spacial score (nSPS) is 11.0. The number of carbonyl (C=O) groups excluding carboxylic acids is 1. The van der Waals surface area contributed by atoms with Crippen molar-refractivity contribution in [1.29, 1.82) is 0 Å². The predicted molar refractivity (Wildman–Crippen MR) is 138 cm³/mol. The molecular formula is C31H29NO2. The van der Waals surface area contributed by atoms with Crippen LogP contribution in [0, 0.1) is 0 Å². The SMILES string of the molecule is CCOC(=O)C(Cc1ccccc1)(Cc1ccccc1)N=C(c1ccccc1)c1ccccc1. The first-order valence-electron chi connectivity index (χ1n) is 11.7. The Balaban J connectivity index is 1.94. The number of aliphatic imine (C=N–C) groups is 1. The molecule has 4 rings (SSSR count). The molecule has 0 aliphatic carbocycles. The highest BCUT2D eigenvalue weighted by Crippen LogP contribution is 2.28. The van der Waals surface area contributed by atoms with E-state index < -0.39 is 5.54 Å². The van der Waals surface area contributed by atoms with Crippen LogP contribution in [0.1, 0.15) is 29.2 Å². The second-order valence-corrected chi connectivity index (χ2v) is 8.27.